The number of hydrogen-bond acceptors (Lipinski definition) is 7. The van der Waals surface area contributed by atoms with Gasteiger partial charge in [-0.1, -0.05) is 12.1 Å². The molecule has 1 aliphatic heterocycles. The zero-order valence-corrected chi connectivity index (χ0v) is 30.5. The number of ketones is 1. The number of pyridine rings is 1. The van der Waals surface area contributed by atoms with Crippen molar-refractivity contribution in [3.8, 4) is 16.9 Å². The quantitative estimate of drug-likeness (QED) is 0.246. The maximum atomic E-state index is 14.7. The van der Waals surface area contributed by atoms with Gasteiger partial charge in [0.15, 0.2) is 0 Å². The van der Waals surface area contributed by atoms with Gasteiger partial charge in [-0.25, -0.2) is 4.79 Å². The SMILES string of the molecule is COc1ccc(C23CCC(CC(C(=O)C4CCC(OC(=O)N5CC(O)C5)CC4)c4cc(-c5cnn(C(C)(C)C)c5)ccn4)(CC2)CC3)cc1C. The first-order valence-electron chi connectivity index (χ1n) is 18.7. The molecule has 5 aliphatic rings. The molecular formula is C41H54N4O5. The lowest BCUT2D eigenvalue weighted by molar-refractivity contribution is -0.127. The Morgan fingerprint density at radius 2 is 1.68 bits per heavy atom. The van der Waals surface area contributed by atoms with Crippen LogP contribution in [0.4, 0.5) is 4.79 Å². The number of ether oxygens (including phenoxy) is 2. The number of amides is 1. The van der Waals surface area contributed by atoms with E-state index in [0.717, 1.165) is 67.5 Å². The molecule has 5 fully saturated rings. The van der Waals surface area contributed by atoms with Crippen LogP contribution in [0.25, 0.3) is 11.1 Å². The number of methoxy groups -OCH3 is 1. The summed E-state index contributed by atoms with van der Waals surface area (Å²) in [7, 11) is 1.73. The van der Waals surface area contributed by atoms with Crippen LogP contribution in [0.15, 0.2) is 48.9 Å². The average Bonchev–Trinajstić information content (AvgIpc) is 3.62. The summed E-state index contributed by atoms with van der Waals surface area (Å²) in [6.07, 6.45) is 15.2. The normalized spacial score (nSPS) is 27.4. The molecule has 50 heavy (non-hydrogen) atoms. The fourth-order valence-electron chi connectivity index (χ4n) is 9.22. The van der Waals surface area contributed by atoms with Crippen molar-refractivity contribution in [2.75, 3.05) is 20.2 Å². The third-order valence-corrected chi connectivity index (χ3v) is 12.6. The molecule has 2 bridgehead atoms. The zero-order chi connectivity index (χ0) is 35.3. The molecule has 4 saturated carbocycles. The largest absolute Gasteiger partial charge is 0.496 e. The standard InChI is InChI=1S/C41H54N4O5/c1-27-20-31(8-11-36(27)49-5)41-16-13-40(14-17-41,15-18-41)22-34(35-21-29(12-19-42-35)30-23-43-45(24-30)39(2,3)4)37(47)28-6-9-33(10-7-28)50-38(48)44-25-32(46)26-44/h8,11-12,19-21,23-24,28,32-34,46H,6-7,9-10,13-18,22,25-26H2,1-5H3. The van der Waals surface area contributed by atoms with E-state index in [1.165, 1.54) is 11.1 Å². The topological polar surface area (TPSA) is 107 Å². The third-order valence-electron chi connectivity index (χ3n) is 12.6. The molecule has 4 aliphatic carbocycles. The Morgan fingerprint density at radius 1 is 0.980 bits per heavy atom. The summed E-state index contributed by atoms with van der Waals surface area (Å²) >= 11 is 0. The molecule has 0 radical (unpaired) electrons. The number of aliphatic hydroxyl groups excluding tert-OH is 1. The highest BCUT2D eigenvalue weighted by molar-refractivity contribution is 5.88. The van der Waals surface area contributed by atoms with E-state index in [1.54, 1.807) is 12.0 Å². The first-order valence-corrected chi connectivity index (χ1v) is 18.7. The number of aliphatic hydroxyl groups is 1. The maximum absolute atomic E-state index is 14.7. The fourth-order valence-corrected chi connectivity index (χ4v) is 9.22. The summed E-state index contributed by atoms with van der Waals surface area (Å²) < 4.78 is 13.3. The molecule has 3 aromatic rings. The van der Waals surface area contributed by atoms with Crippen molar-refractivity contribution in [3.05, 3.63) is 65.7 Å². The zero-order valence-electron chi connectivity index (χ0n) is 30.5. The second-order valence-corrected chi connectivity index (χ2v) is 16.9. The van der Waals surface area contributed by atoms with E-state index >= 15 is 0 Å². The van der Waals surface area contributed by atoms with E-state index in [9.17, 15) is 14.7 Å². The predicted molar refractivity (Wildman–Crippen MR) is 192 cm³/mol. The van der Waals surface area contributed by atoms with E-state index in [-0.39, 0.29) is 40.4 Å². The van der Waals surface area contributed by atoms with E-state index in [0.29, 0.717) is 44.6 Å². The van der Waals surface area contributed by atoms with Crippen LogP contribution >= 0.6 is 0 Å². The van der Waals surface area contributed by atoms with Crippen LogP contribution in [0.2, 0.25) is 0 Å². The minimum atomic E-state index is -0.453. The highest BCUT2D eigenvalue weighted by Crippen LogP contribution is 2.61. The molecule has 2 aromatic heterocycles. The van der Waals surface area contributed by atoms with Crippen molar-refractivity contribution in [1.82, 2.24) is 19.7 Å². The number of benzene rings is 1. The van der Waals surface area contributed by atoms with E-state index in [2.05, 4.69) is 63.3 Å². The molecule has 1 saturated heterocycles. The van der Waals surface area contributed by atoms with Crippen LogP contribution in [-0.2, 0) is 20.5 Å². The van der Waals surface area contributed by atoms with Crippen LogP contribution in [0.3, 0.4) is 0 Å². The summed E-state index contributed by atoms with van der Waals surface area (Å²) in [5, 5.41) is 14.2. The Balaban J connectivity index is 1.10. The minimum absolute atomic E-state index is 0.0835. The molecule has 0 spiro atoms. The summed E-state index contributed by atoms with van der Waals surface area (Å²) in [5.41, 5.74) is 5.74. The highest BCUT2D eigenvalue weighted by Gasteiger charge is 2.51. The van der Waals surface area contributed by atoms with Gasteiger partial charge in [0.2, 0.25) is 0 Å². The molecule has 1 amide bonds. The van der Waals surface area contributed by atoms with Gasteiger partial charge in [0.1, 0.15) is 17.6 Å². The molecule has 9 nitrogen and oxygen atoms in total. The van der Waals surface area contributed by atoms with Gasteiger partial charge in [-0.2, -0.15) is 5.10 Å². The number of hydrogen-bond donors (Lipinski definition) is 1. The number of aromatic nitrogens is 3. The number of β-amino-alcohol motifs (C(OH)–C–C–N with tert-alkyl or cyclic N) is 1. The summed E-state index contributed by atoms with van der Waals surface area (Å²) in [6, 6.07) is 10.9. The van der Waals surface area contributed by atoms with Crippen LogP contribution in [0.1, 0.15) is 114 Å². The number of carbonyl (C=O) groups excluding carboxylic acids is 2. The molecule has 1 atom stereocenters. The number of rotatable bonds is 9. The first kappa shape index (κ1) is 34.7. The number of Topliss-reactive ketones (excluding diaryl/α,β-unsaturated/α-hetero) is 1. The van der Waals surface area contributed by atoms with Crippen molar-refractivity contribution >= 4 is 11.9 Å². The minimum Gasteiger partial charge on any atom is -0.496 e. The lowest BCUT2D eigenvalue weighted by atomic mass is 9.50. The molecule has 1 unspecified atom stereocenters. The third kappa shape index (κ3) is 6.82. The highest BCUT2D eigenvalue weighted by atomic mass is 16.6. The van der Waals surface area contributed by atoms with Crippen LogP contribution < -0.4 is 4.74 Å². The number of likely N-dealkylation sites (tertiary alicyclic amines) is 1. The fraction of sp³-hybridized carbons (Fsp3) is 0.610. The smallest absolute Gasteiger partial charge is 0.410 e. The Hall–Kier alpha value is -3.72. The molecule has 3 heterocycles. The van der Waals surface area contributed by atoms with Crippen LogP contribution in [-0.4, -0.2) is 69.1 Å². The van der Waals surface area contributed by atoms with Crippen LogP contribution in [0, 0.1) is 18.3 Å². The summed E-state index contributed by atoms with van der Waals surface area (Å²) in [4.78, 5) is 33.7. The van der Waals surface area contributed by atoms with Gasteiger partial charge in [-0.15, -0.1) is 0 Å². The van der Waals surface area contributed by atoms with E-state index in [1.807, 2.05) is 23.1 Å². The van der Waals surface area contributed by atoms with Gasteiger partial charge in [0.25, 0.3) is 0 Å². The molecular weight excluding hydrogens is 628 g/mol. The first-order chi connectivity index (χ1) is 23.9. The molecule has 1 N–H and O–H groups in total. The Bertz CT molecular complexity index is 1690. The molecule has 8 rings (SSSR count). The number of aryl methyl sites for hydroxylation is 1. The van der Waals surface area contributed by atoms with E-state index < -0.39 is 6.10 Å². The van der Waals surface area contributed by atoms with Gasteiger partial charge in [-0.05, 0) is 144 Å². The second-order valence-electron chi connectivity index (χ2n) is 16.9. The van der Waals surface area contributed by atoms with Crippen LogP contribution in [0.5, 0.6) is 5.75 Å². The second kappa shape index (κ2) is 13.4. The summed E-state index contributed by atoms with van der Waals surface area (Å²) in [6.45, 7) is 9.22. The Morgan fingerprint density at radius 3 is 2.28 bits per heavy atom. The van der Waals surface area contributed by atoms with Crippen molar-refractivity contribution in [1.29, 1.82) is 0 Å². The number of fused-ring (bicyclic) bond motifs is 3. The average molecular weight is 683 g/mol. The predicted octanol–water partition coefficient (Wildman–Crippen LogP) is 7.72. The van der Waals surface area contributed by atoms with Crippen molar-refractivity contribution in [3.63, 3.8) is 0 Å². The van der Waals surface area contributed by atoms with Gasteiger partial charge < -0.3 is 19.5 Å². The molecule has 9 heteroatoms. The lowest BCUT2D eigenvalue weighted by Crippen LogP contribution is -2.54. The van der Waals surface area contributed by atoms with Crippen molar-refractivity contribution < 1.29 is 24.2 Å². The number of nitrogens with zero attached hydrogens (tertiary/aromatic N) is 4. The maximum Gasteiger partial charge on any atom is 0.410 e. The number of carbonyl (C=O) groups is 2. The lowest BCUT2D eigenvalue weighted by Gasteiger charge is -2.55. The molecule has 1 aromatic carbocycles. The van der Waals surface area contributed by atoms with Crippen molar-refractivity contribution in [2.45, 2.75) is 127 Å². The molecule has 268 valence electrons. The van der Waals surface area contributed by atoms with Gasteiger partial charge >= 0.3 is 6.09 Å². The van der Waals surface area contributed by atoms with E-state index in [4.69, 9.17) is 14.5 Å². The van der Waals surface area contributed by atoms with Crippen molar-refractivity contribution in [2.24, 2.45) is 11.3 Å². The van der Waals surface area contributed by atoms with Gasteiger partial charge in [-0.3, -0.25) is 14.5 Å². The van der Waals surface area contributed by atoms with Gasteiger partial charge in [0.05, 0.1) is 49.7 Å². The van der Waals surface area contributed by atoms with Gasteiger partial charge in [0, 0.05) is 23.9 Å². The monoisotopic (exact) mass is 682 g/mol. The Labute approximate surface area is 296 Å². The summed E-state index contributed by atoms with van der Waals surface area (Å²) in [5.74, 6) is 0.863. The Kier molecular flexibility index (Phi) is 9.33.